The number of aliphatic hydroxyl groups excluding tert-OH is 1. The van der Waals surface area contributed by atoms with Crippen molar-refractivity contribution in [1.82, 2.24) is 15.6 Å². The van der Waals surface area contributed by atoms with Crippen LogP contribution >= 0.6 is 0 Å². The second-order valence-electron chi connectivity index (χ2n) is 8.78. The second kappa shape index (κ2) is 15.7. The number of aromatic nitrogens is 1. The summed E-state index contributed by atoms with van der Waals surface area (Å²) in [5.41, 5.74) is 5.71. The molecule has 9 nitrogen and oxygen atoms in total. The zero-order valence-electron chi connectivity index (χ0n) is 23.8. The van der Waals surface area contributed by atoms with Gasteiger partial charge in [-0.15, -0.1) is 0 Å². The highest BCUT2D eigenvalue weighted by molar-refractivity contribution is 6.07. The molecule has 3 N–H and O–H groups in total. The smallest absolute Gasteiger partial charge is 0.124 e. The van der Waals surface area contributed by atoms with Gasteiger partial charge in [-0.2, -0.15) is 0 Å². The molecule has 0 saturated carbocycles. The number of hydrogen-bond acceptors (Lipinski definition) is 9. The number of ether oxygens (including phenoxy) is 2. The van der Waals surface area contributed by atoms with Crippen LogP contribution < -0.4 is 29.9 Å². The molecule has 3 heterocycles. The average Bonchev–Trinajstić information content (AvgIpc) is 3.01. The van der Waals surface area contributed by atoms with Gasteiger partial charge in [-0.1, -0.05) is 19.9 Å². The van der Waals surface area contributed by atoms with E-state index in [1.165, 1.54) is 0 Å². The summed E-state index contributed by atoms with van der Waals surface area (Å²) in [5.74, 6) is 1.37. The molecule has 0 aliphatic carbocycles. The maximum atomic E-state index is 9.74. The molecule has 2 aliphatic heterocycles. The zero-order valence-corrected chi connectivity index (χ0v) is 23.8. The summed E-state index contributed by atoms with van der Waals surface area (Å²) in [6.45, 7) is 9.69. The Labute approximate surface area is 232 Å². The highest BCUT2D eigenvalue weighted by Crippen LogP contribution is 2.39. The van der Waals surface area contributed by atoms with Gasteiger partial charge >= 0.3 is 0 Å². The van der Waals surface area contributed by atoms with E-state index >= 15 is 0 Å². The van der Waals surface area contributed by atoms with Crippen molar-refractivity contribution < 1.29 is 14.6 Å². The molecule has 0 atom stereocenters. The lowest BCUT2D eigenvalue weighted by Gasteiger charge is -2.30. The molecule has 0 unspecified atom stereocenters. The third kappa shape index (κ3) is 8.16. The van der Waals surface area contributed by atoms with Gasteiger partial charge in [0.1, 0.15) is 11.5 Å². The molecular formula is C30H42N6O3. The standard InChI is InChI=1S/C24H26N4O3.C4H10N2.C2H6/c1-27-16-23(17-5-4-8-25-15-17)26-22-13-18(6-7-24(22)27)28(9-10-29)19-11-20(30-2)14-21(12-19)31-3;1-2-6-4-3-5-1;1-2/h4-8,11-15,29H,9-10,16H2,1-3H3;5-6H,1-4H2;1-2H3. The minimum absolute atomic E-state index is 0.000710. The fourth-order valence-corrected chi connectivity index (χ4v) is 4.33. The Hall–Kier alpha value is -3.66. The number of piperazine rings is 1. The first-order valence-electron chi connectivity index (χ1n) is 13.5. The van der Waals surface area contributed by atoms with E-state index in [9.17, 15) is 5.11 Å². The van der Waals surface area contributed by atoms with Crippen LogP contribution in [0.3, 0.4) is 0 Å². The molecule has 2 aromatic carbocycles. The number of anilines is 3. The van der Waals surface area contributed by atoms with Crippen LogP contribution in [0.25, 0.3) is 0 Å². The van der Waals surface area contributed by atoms with Crippen LogP contribution in [0.15, 0.2) is 65.9 Å². The van der Waals surface area contributed by atoms with E-state index in [1.807, 2.05) is 67.4 Å². The Morgan fingerprint density at radius 2 is 1.59 bits per heavy atom. The number of hydrogen-bond donors (Lipinski definition) is 3. The zero-order chi connectivity index (χ0) is 28.0. The Bertz CT molecular complexity index is 1150. The number of pyridine rings is 1. The molecule has 1 fully saturated rings. The van der Waals surface area contributed by atoms with E-state index in [1.54, 1.807) is 20.4 Å². The van der Waals surface area contributed by atoms with Gasteiger partial charge in [0.15, 0.2) is 0 Å². The molecular weight excluding hydrogens is 492 g/mol. The summed E-state index contributed by atoms with van der Waals surface area (Å²) < 4.78 is 10.9. The first-order chi connectivity index (χ1) is 19.1. The summed E-state index contributed by atoms with van der Waals surface area (Å²) in [5, 5.41) is 16.2. The molecule has 0 spiro atoms. The maximum absolute atomic E-state index is 9.74. The van der Waals surface area contributed by atoms with Crippen LogP contribution in [0.5, 0.6) is 11.5 Å². The average molecular weight is 535 g/mol. The molecule has 210 valence electrons. The number of benzene rings is 2. The summed E-state index contributed by atoms with van der Waals surface area (Å²) >= 11 is 0. The van der Waals surface area contributed by atoms with E-state index in [0.29, 0.717) is 24.6 Å². The number of fused-ring (bicyclic) bond motifs is 1. The van der Waals surface area contributed by atoms with Gasteiger partial charge < -0.3 is 35.0 Å². The lowest BCUT2D eigenvalue weighted by atomic mass is 10.1. The van der Waals surface area contributed by atoms with Crippen LogP contribution in [0.4, 0.5) is 22.7 Å². The van der Waals surface area contributed by atoms with E-state index in [-0.39, 0.29) is 6.61 Å². The molecule has 0 amide bonds. The van der Waals surface area contributed by atoms with Crippen LogP contribution in [0.1, 0.15) is 19.4 Å². The van der Waals surface area contributed by atoms with Gasteiger partial charge in [-0.05, 0) is 24.3 Å². The van der Waals surface area contributed by atoms with Crippen molar-refractivity contribution in [3.8, 4) is 11.5 Å². The monoisotopic (exact) mass is 534 g/mol. The summed E-state index contributed by atoms with van der Waals surface area (Å²) in [6, 6.07) is 15.8. The van der Waals surface area contributed by atoms with Gasteiger partial charge in [0, 0.05) is 87.3 Å². The van der Waals surface area contributed by atoms with E-state index in [0.717, 1.165) is 60.2 Å². The van der Waals surface area contributed by atoms with Crippen LogP contribution in [-0.4, -0.2) is 82.9 Å². The number of aliphatic imine (C=N–C) groups is 1. The Balaban J connectivity index is 0.000000457. The molecule has 5 rings (SSSR count). The third-order valence-corrected chi connectivity index (χ3v) is 6.25. The molecule has 2 aliphatic rings. The Morgan fingerprint density at radius 1 is 0.923 bits per heavy atom. The van der Waals surface area contributed by atoms with Crippen molar-refractivity contribution in [2.75, 3.05) is 76.9 Å². The topological polar surface area (TPSA) is 94.5 Å². The first kappa shape index (κ1) is 29.9. The Kier molecular flexibility index (Phi) is 12.0. The first-order valence-corrected chi connectivity index (χ1v) is 13.5. The molecule has 0 radical (unpaired) electrons. The van der Waals surface area contributed by atoms with Gasteiger partial charge in [0.25, 0.3) is 0 Å². The number of nitrogens with zero attached hydrogens (tertiary/aromatic N) is 4. The molecule has 1 saturated heterocycles. The van der Waals surface area contributed by atoms with Crippen molar-refractivity contribution in [3.05, 3.63) is 66.5 Å². The molecule has 3 aromatic rings. The number of aliphatic hydroxyl groups is 1. The van der Waals surface area contributed by atoms with E-state index in [4.69, 9.17) is 14.5 Å². The quantitative estimate of drug-likeness (QED) is 0.419. The van der Waals surface area contributed by atoms with Crippen molar-refractivity contribution in [2.24, 2.45) is 4.99 Å². The highest BCUT2D eigenvalue weighted by Gasteiger charge is 2.20. The normalized spacial score (nSPS) is 14.0. The molecule has 9 heteroatoms. The maximum Gasteiger partial charge on any atom is 0.124 e. The minimum Gasteiger partial charge on any atom is -0.497 e. The third-order valence-electron chi connectivity index (χ3n) is 6.25. The summed E-state index contributed by atoms with van der Waals surface area (Å²) in [4.78, 5) is 13.4. The van der Waals surface area contributed by atoms with Crippen LogP contribution in [0, 0.1) is 0 Å². The fourth-order valence-electron chi connectivity index (χ4n) is 4.33. The van der Waals surface area contributed by atoms with Crippen molar-refractivity contribution in [3.63, 3.8) is 0 Å². The SMILES string of the molecule is C1CNCCN1.CC.COc1cc(OC)cc(N(CCO)c2ccc3c(c2)N=C(c2cccnc2)CN3C)c1. The number of nitrogens with one attached hydrogen (secondary N) is 2. The predicted octanol–water partition coefficient (Wildman–Crippen LogP) is 4.01. The van der Waals surface area contributed by atoms with Crippen LogP contribution in [0.2, 0.25) is 0 Å². The lowest BCUT2D eigenvalue weighted by molar-refractivity contribution is 0.305. The van der Waals surface area contributed by atoms with Crippen molar-refractivity contribution in [1.29, 1.82) is 0 Å². The fraction of sp³-hybridized carbons (Fsp3) is 0.400. The molecule has 0 bridgehead atoms. The predicted molar refractivity (Wildman–Crippen MR) is 161 cm³/mol. The van der Waals surface area contributed by atoms with Crippen LogP contribution in [-0.2, 0) is 0 Å². The summed E-state index contributed by atoms with van der Waals surface area (Å²) in [6.07, 6.45) is 3.60. The van der Waals surface area contributed by atoms with Gasteiger partial charge in [-0.25, -0.2) is 4.99 Å². The van der Waals surface area contributed by atoms with E-state index in [2.05, 4.69) is 33.6 Å². The van der Waals surface area contributed by atoms with Gasteiger partial charge in [0.05, 0.1) is 44.5 Å². The van der Waals surface area contributed by atoms with Crippen molar-refractivity contribution >= 4 is 28.5 Å². The number of likely N-dealkylation sites (N-methyl/N-ethyl adjacent to an activating group) is 1. The minimum atomic E-state index is 0.000710. The molecule has 39 heavy (non-hydrogen) atoms. The van der Waals surface area contributed by atoms with Gasteiger partial charge in [0.2, 0.25) is 0 Å². The number of rotatable bonds is 7. The Morgan fingerprint density at radius 3 is 2.13 bits per heavy atom. The molecule has 1 aromatic heterocycles. The lowest BCUT2D eigenvalue weighted by Crippen LogP contribution is -2.39. The second-order valence-corrected chi connectivity index (χ2v) is 8.78. The largest absolute Gasteiger partial charge is 0.497 e. The number of methoxy groups -OCH3 is 2. The van der Waals surface area contributed by atoms with E-state index < -0.39 is 0 Å². The van der Waals surface area contributed by atoms with Crippen molar-refractivity contribution in [2.45, 2.75) is 13.8 Å². The van der Waals surface area contributed by atoms with Gasteiger partial charge in [-0.3, -0.25) is 4.98 Å². The highest BCUT2D eigenvalue weighted by atomic mass is 16.5. The summed E-state index contributed by atoms with van der Waals surface area (Å²) in [7, 11) is 5.30.